The van der Waals surface area contributed by atoms with Crippen LogP contribution < -0.4 is 10.2 Å². The molecule has 0 saturated heterocycles. The highest BCUT2D eigenvalue weighted by Gasteiger charge is 2.67. The van der Waals surface area contributed by atoms with Crippen LogP contribution in [0.15, 0.2) is 54.6 Å². The van der Waals surface area contributed by atoms with Crippen molar-refractivity contribution in [1.29, 1.82) is 5.26 Å². The van der Waals surface area contributed by atoms with Crippen molar-refractivity contribution in [3.8, 4) is 6.07 Å². The maximum atomic E-state index is 14.4. The predicted octanol–water partition coefficient (Wildman–Crippen LogP) is 7.46. The van der Waals surface area contributed by atoms with E-state index in [0.717, 1.165) is 11.0 Å². The average Bonchev–Trinajstić information content (AvgIpc) is 3.42. The third kappa shape index (κ3) is 5.00. The largest absolute Gasteiger partial charge is 0.326 e. The summed E-state index contributed by atoms with van der Waals surface area (Å²) < 4.78 is 13.1. The first-order chi connectivity index (χ1) is 16.9. The fraction of sp³-hybridized carbons (Fsp3) is 0.160. The molecule has 36 heavy (non-hydrogen) atoms. The Bertz CT molecular complexity index is 1440. The summed E-state index contributed by atoms with van der Waals surface area (Å²) in [6, 6.07) is 14.8. The Kier molecular flexibility index (Phi) is 7.43. The van der Waals surface area contributed by atoms with Crippen LogP contribution in [0.1, 0.15) is 27.4 Å². The summed E-state index contributed by atoms with van der Waals surface area (Å²) in [5, 5.41) is 12.4. The Morgan fingerprint density at radius 1 is 1.00 bits per heavy atom. The minimum atomic E-state index is -1.36. The van der Waals surface area contributed by atoms with Gasteiger partial charge in [0.15, 0.2) is 0 Å². The smallest absolute Gasteiger partial charge is 0.259 e. The molecule has 1 fully saturated rings. The second-order valence-corrected chi connectivity index (χ2v) is 10.8. The average molecular weight is 586 g/mol. The molecule has 0 aliphatic heterocycles. The molecule has 184 valence electrons. The fourth-order valence-electron chi connectivity index (χ4n) is 3.90. The molecule has 0 bridgehead atoms. The minimum absolute atomic E-state index is 0.0283. The molecule has 0 heterocycles. The van der Waals surface area contributed by atoms with Gasteiger partial charge in [-0.15, -0.1) is 23.2 Å². The lowest BCUT2D eigenvalue weighted by molar-refractivity contribution is -0.117. The van der Waals surface area contributed by atoms with Gasteiger partial charge in [-0.25, -0.2) is 4.39 Å². The van der Waals surface area contributed by atoms with Crippen molar-refractivity contribution >= 4 is 81.2 Å². The highest BCUT2D eigenvalue weighted by Crippen LogP contribution is 2.65. The number of nitrogens with zero attached hydrogens (tertiary/aromatic N) is 2. The Balaban J connectivity index is 1.54. The standard InChI is InChI=1S/C25H15Cl5FN3O2/c1-34(20-7-2-12(11-32)8-19(20)31)24(36)15-10-14(4-6-16(15)26)33-23(35)22-21(25(22,29)30)13-3-5-17(27)18(28)9-13/h2-10,21-22H,1H3,(H,33,35). The number of hydrogen-bond acceptors (Lipinski definition) is 3. The molecule has 1 saturated carbocycles. The summed E-state index contributed by atoms with van der Waals surface area (Å²) in [5.41, 5.74) is 1.04. The first-order valence-corrected chi connectivity index (χ1v) is 12.3. The number of carbonyl (C=O) groups is 2. The summed E-state index contributed by atoms with van der Waals surface area (Å²) in [5.74, 6) is -3.14. The van der Waals surface area contributed by atoms with E-state index in [0.29, 0.717) is 15.6 Å². The van der Waals surface area contributed by atoms with Gasteiger partial charge in [0, 0.05) is 18.7 Å². The zero-order valence-corrected chi connectivity index (χ0v) is 22.1. The van der Waals surface area contributed by atoms with Crippen molar-refractivity contribution in [2.75, 3.05) is 17.3 Å². The molecule has 5 nitrogen and oxygen atoms in total. The van der Waals surface area contributed by atoms with Crippen LogP contribution in [-0.2, 0) is 4.79 Å². The van der Waals surface area contributed by atoms with Gasteiger partial charge in [0.2, 0.25) is 5.91 Å². The third-order valence-corrected chi connectivity index (χ3v) is 7.85. The third-order valence-electron chi connectivity index (χ3n) is 5.85. The van der Waals surface area contributed by atoms with E-state index in [9.17, 15) is 14.0 Å². The molecule has 3 aromatic rings. The number of alkyl halides is 2. The molecule has 1 aliphatic carbocycles. The lowest BCUT2D eigenvalue weighted by atomic mass is 10.1. The van der Waals surface area contributed by atoms with Crippen molar-refractivity contribution in [3.05, 3.63) is 92.2 Å². The van der Waals surface area contributed by atoms with Crippen molar-refractivity contribution in [2.24, 2.45) is 5.92 Å². The van der Waals surface area contributed by atoms with Gasteiger partial charge in [0.25, 0.3) is 5.91 Å². The van der Waals surface area contributed by atoms with E-state index in [4.69, 9.17) is 63.3 Å². The summed E-state index contributed by atoms with van der Waals surface area (Å²) in [4.78, 5) is 27.2. The number of hydrogen-bond donors (Lipinski definition) is 1. The second-order valence-electron chi connectivity index (χ2n) is 8.13. The van der Waals surface area contributed by atoms with Crippen molar-refractivity contribution in [3.63, 3.8) is 0 Å². The first-order valence-electron chi connectivity index (χ1n) is 10.4. The van der Waals surface area contributed by atoms with E-state index in [-0.39, 0.29) is 27.5 Å². The van der Waals surface area contributed by atoms with Crippen molar-refractivity contribution in [1.82, 2.24) is 0 Å². The van der Waals surface area contributed by atoms with E-state index in [1.165, 1.54) is 37.4 Å². The second kappa shape index (κ2) is 10.1. The molecule has 0 radical (unpaired) electrons. The summed E-state index contributed by atoms with van der Waals surface area (Å²) in [6.07, 6.45) is 0. The molecule has 0 aromatic heterocycles. The van der Waals surface area contributed by atoms with E-state index < -0.39 is 33.8 Å². The van der Waals surface area contributed by atoms with E-state index in [2.05, 4.69) is 5.32 Å². The highest BCUT2D eigenvalue weighted by atomic mass is 35.5. The normalized spacial score (nSPS) is 17.7. The minimum Gasteiger partial charge on any atom is -0.326 e. The fourth-order valence-corrected chi connectivity index (χ4v) is 5.23. The molecule has 2 atom stereocenters. The van der Waals surface area contributed by atoms with Crippen LogP contribution in [0.3, 0.4) is 0 Å². The van der Waals surface area contributed by atoms with Crippen LogP contribution in [0.4, 0.5) is 15.8 Å². The molecule has 3 aromatic carbocycles. The van der Waals surface area contributed by atoms with Crippen LogP contribution >= 0.6 is 58.0 Å². The first kappa shape index (κ1) is 26.5. The van der Waals surface area contributed by atoms with Crippen molar-refractivity contribution in [2.45, 2.75) is 10.3 Å². The predicted molar refractivity (Wildman–Crippen MR) is 141 cm³/mol. The number of nitriles is 1. The van der Waals surface area contributed by atoms with E-state index in [1.807, 2.05) is 6.07 Å². The summed E-state index contributed by atoms with van der Waals surface area (Å²) >= 11 is 31.1. The maximum Gasteiger partial charge on any atom is 0.259 e. The van der Waals surface area contributed by atoms with Gasteiger partial charge in [-0.3, -0.25) is 9.59 Å². The molecule has 0 spiro atoms. The van der Waals surface area contributed by atoms with Gasteiger partial charge < -0.3 is 10.2 Å². The van der Waals surface area contributed by atoms with Crippen LogP contribution in [0.2, 0.25) is 15.1 Å². The number of carbonyl (C=O) groups excluding carboxylic acids is 2. The zero-order chi connectivity index (χ0) is 26.4. The van der Waals surface area contributed by atoms with Gasteiger partial charge >= 0.3 is 0 Å². The number of nitrogens with one attached hydrogen (secondary N) is 1. The Morgan fingerprint density at radius 2 is 1.69 bits per heavy atom. The van der Waals surface area contributed by atoms with E-state index >= 15 is 0 Å². The SMILES string of the molecule is CN(C(=O)c1cc(NC(=O)C2C(c3ccc(Cl)c(Cl)c3)C2(Cl)Cl)ccc1Cl)c1ccc(C#N)cc1F. The van der Waals surface area contributed by atoms with Crippen LogP contribution in [0, 0.1) is 23.1 Å². The lowest BCUT2D eigenvalue weighted by Gasteiger charge is -2.19. The molecule has 1 N–H and O–H groups in total. The van der Waals surface area contributed by atoms with Crippen molar-refractivity contribution < 1.29 is 14.0 Å². The van der Waals surface area contributed by atoms with Gasteiger partial charge in [-0.05, 0) is 54.1 Å². The highest BCUT2D eigenvalue weighted by molar-refractivity contribution is 6.53. The van der Waals surface area contributed by atoms with E-state index in [1.54, 1.807) is 18.2 Å². The Hall–Kier alpha value is -2.53. The molecule has 4 rings (SSSR count). The van der Waals surface area contributed by atoms with Gasteiger partial charge in [0.1, 0.15) is 10.2 Å². The molecule has 2 amide bonds. The van der Waals surface area contributed by atoms with Crippen LogP contribution in [0.5, 0.6) is 0 Å². The van der Waals surface area contributed by atoms with Gasteiger partial charge in [0.05, 0.1) is 43.9 Å². The molecule has 11 heteroatoms. The topological polar surface area (TPSA) is 73.2 Å². The Labute approximate surface area is 231 Å². The number of benzene rings is 3. The monoisotopic (exact) mass is 583 g/mol. The van der Waals surface area contributed by atoms with Gasteiger partial charge in [-0.1, -0.05) is 40.9 Å². The number of rotatable bonds is 5. The number of anilines is 2. The molecule has 2 unspecified atom stereocenters. The molecular formula is C25H15Cl5FN3O2. The molecular weight excluding hydrogens is 571 g/mol. The summed E-state index contributed by atoms with van der Waals surface area (Å²) in [7, 11) is 1.37. The van der Waals surface area contributed by atoms with Gasteiger partial charge in [-0.2, -0.15) is 5.26 Å². The van der Waals surface area contributed by atoms with Crippen LogP contribution in [0.25, 0.3) is 0 Å². The number of halogens is 6. The molecule has 1 aliphatic rings. The lowest BCUT2D eigenvalue weighted by Crippen LogP contribution is -2.27. The Morgan fingerprint density at radius 3 is 2.33 bits per heavy atom. The summed E-state index contributed by atoms with van der Waals surface area (Å²) in [6.45, 7) is 0. The maximum absolute atomic E-state index is 14.4. The zero-order valence-electron chi connectivity index (χ0n) is 18.3. The number of amides is 2. The quantitative estimate of drug-likeness (QED) is 0.316. The van der Waals surface area contributed by atoms with Crippen LogP contribution in [-0.4, -0.2) is 23.2 Å².